The number of benzene rings is 18. The molecule has 110 heavy (non-hydrogen) atoms. The normalized spacial score (nSPS) is 12.4. The average Bonchev–Trinajstić information content (AvgIpc) is 0.706. The molecule has 0 aromatic heterocycles. The van der Waals surface area contributed by atoms with Gasteiger partial charge in [-0.15, -0.1) is 0 Å². The van der Waals surface area contributed by atoms with Crippen molar-refractivity contribution in [3.05, 3.63) is 404 Å². The summed E-state index contributed by atoms with van der Waals surface area (Å²) in [5.41, 5.74) is 35.1. The predicted molar refractivity (Wildman–Crippen MR) is 471 cm³/mol. The summed E-state index contributed by atoms with van der Waals surface area (Å²) in [6, 6.07) is 143. The summed E-state index contributed by atoms with van der Waals surface area (Å²) in [5, 5.41) is 10.4. The van der Waals surface area contributed by atoms with Gasteiger partial charge >= 0.3 is 0 Å². The Morgan fingerprint density at radius 1 is 0.255 bits per heavy atom. The molecule has 18 aromatic rings. The highest BCUT2D eigenvalue weighted by Crippen LogP contribution is 2.48. The van der Waals surface area contributed by atoms with E-state index >= 15 is 0 Å². The zero-order valence-corrected chi connectivity index (χ0v) is 62.3. The fourth-order valence-electron chi connectivity index (χ4n) is 18.5. The molecule has 2 heterocycles. The molecule has 0 bridgehead atoms. The average molecular weight is 1410 g/mol. The smallest absolute Gasteiger partial charge is 0.252 e. The third-order valence-electron chi connectivity index (χ3n) is 23.7. The number of anilines is 4. The molecule has 2 aliphatic heterocycles. The maximum atomic E-state index is 2.78. The molecule has 0 N–H and O–H groups in total. The molecule has 0 unspecified atom stereocenters. The summed E-state index contributed by atoms with van der Waals surface area (Å²) < 4.78 is 0. The van der Waals surface area contributed by atoms with Crippen LogP contribution in [-0.4, -0.2) is 19.8 Å². The van der Waals surface area contributed by atoms with Gasteiger partial charge in [0.15, 0.2) is 0 Å². The summed E-state index contributed by atoms with van der Waals surface area (Å²) in [4.78, 5) is 5.53. The highest BCUT2D eigenvalue weighted by molar-refractivity contribution is 7.00. The highest BCUT2D eigenvalue weighted by atomic mass is 15.2. The first-order valence-electron chi connectivity index (χ1n) is 39.1. The van der Waals surface area contributed by atoms with Crippen LogP contribution in [0.15, 0.2) is 376 Å². The van der Waals surface area contributed by atoms with Gasteiger partial charge in [0.2, 0.25) is 0 Å². The van der Waals surface area contributed by atoms with Gasteiger partial charge in [-0.05, 0) is 250 Å². The van der Waals surface area contributed by atoms with Gasteiger partial charge in [-0.25, -0.2) is 0 Å². The first kappa shape index (κ1) is 66.4. The van der Waals surface area contributed by atoms with Crippen LogP contribution in [0.5, 0.6) is 0 Å². The van der Waals surface area contributed by atoms with E-state index in [1.165, 1.54) is 199 Å². The van der Waals surface area contributed by atoms with Crippen LogP contribution in [0.4, 0.5) is 22.7 Å². The molecule has 0 spiro atoms. The van der Waals surface area contributed by atoms with Crippen molar-refractivity contribution in [2.75, 3.05) is 22.9 Å². The minimum Gasteiger partial charge on any atom is -0.342 e. The molecule has 3 heteroatoms. The van der Waals surface area contributed by atoms with Crippen molar-refractivity contribution in [1.82, 2.24) is 0 Å². The lowest BCUT2D eigenvalue weighted by Crippen LogP contribution is -2.62. The minimum absolute atomic E-state index is 0.0158. The van der Waals surface area contributed by atoms with Gasteiger partial charge in [-0.2, -0.15) is 0 Å². The number of rotatable bonds is 16. The van der Waals surface area contributed by atoms with Crippen molar-refractivity contribution in [3.63, 3.8) is 0 Å². The predicted octanol–water partition coefficient (Wildman–Crippen LogP) is 25.9. The van der Waals surface area contributed by atoms with Crippen LogP contribution in [0.3, 0.4) is 0 Å². The Labute approximate surface area is 645 Å². The lowest BCUT2D eigenvalue weighted by molar-refractivity contribution is 0.590. The van der Waals surface area contributed by atoms with E-state index in [-0.39, 0.29) is 12.1 Å². The Kier molecular flexibility index (Phi) is 16.7. The van der Waals surface area contributed by atoms with E-state index in [4.69, 9.17) is 0 Å². The molecule has 0 aliphatic carbocycles. The third-order valence-corrected chi connectivity index (χ3v) is 23.7. The van der Waals surface area contributed by atoms with Gasteiger partial charge in [0.25, 0.3) is 6.71 Å². The second-order valence-electron chi connectivity index (χ2n) is 31.2. The Hall–Kier alpha value is -13.1. The van der Waals surface area contributed by atoms with Crippen LogP contribution in [0, 0.1) is 0 Å². The Balaban J connectivity index is 0.840. The first-order valence-corrected chi connectivity index (χ1v) is 39.1. The number of hydrogen-bond donors (Lipinski definition) is 0. The van der Waals surface area contributed by atoms with Gasteiger partial charge in [-0.3, -0.25) is 0 Å². The lowest BCUT2D eigenvalue weighted by atomic mass is 9.33. The summed E-state index contributed by atoms with van der Waals surface area (Å²) in [6.07, 6.45) is 2.28. The van der Waals surface area contributed by atoms with E-state index in [0.29, 0.717) is 6.54 Å². The lowest BCUT2D eigenvalue weighted by Gasteiger charge is -2.45. The molecule has 20 rings (SSSR count). The largest absolute Gasteiger partial charge is 0.342 e. The van der Waals surface area contributed by atoms with Crippen LogP contribution in [0.2, 0.25) is 0 Å². The molecule has 522 valence electrons. The Morgan fingerprint density at radius 3 is 1.14 bits per heavy atom. The van der Waals surface area contributed by atoms with Crippen molar-refractivity contribution in [2.45, 2.75) is 45.4 Å². The van der Waals surface area contributed by atoms with E-state index in [0.717, 1.165) is 25.8 Å². The van der Waals surface area contributed by atoms with Crippen molar-refractivity contribution in [2.24, 2.45) is 0 Å². The van der Waals surface area contributed by atoms with E-state index < -0.39 is 0 Å². The van der Waals surface area contributed by atoms with Crippen LogP contribution >= 0.6 is 0 Å². The van der Waals surface area contributed by atoms with Gasteiger partial charge in [0, 0.05) is 35.8 Å². The summed E-state index contributed by atoms with van der Waals surface area (Å²) in [5.74, 6) is 0. The zero-order chi connectivity index (χ0) is 73.4. The van der Waals surface area contributed by atoms with Crippen LogP contribution in [-0.2, 0) is 24.7 Å². The van der Waals surface area contributed by atoms with Gasteiger partial charge in [0.05, 0.1) is 0 Å². The molecule has 0 saturated carbocycles. The van der Waals surface area contributed by atoms with E-state index in [1.54, 1.807) is 0 Å². The van der Waals surface area contributed by atoms with Crippen molar-refractivity contribution in [1.29, 1.82) is 0 Å². The molecule has 0 fully saturated rings. The molecule has 0 atom stereocenters. The molecular weight excluding hydrogens is 1320 g/mol. The fraction of sp³-hybridized carbons (Fsp3) is 0.0841. The topological polar surface area (TPSA) is 6.48 Å². The van der Waals surface area contributed by atoms with E-state index in [9.17, 15) is 0 Å². The molecule has 2 nitrogen and oxygen atoms in total. The fourth-order valence-corrected chi connectivity index (χ4v) is 18.5. The van der Waals surface area contributed by atoms with Gasteiger partial charge in [-0.1, -0.05) is 348 Å². The standard InChI is InChI=1S/C107H81BN2/c1-107(2,3)85-52-48-71(49-53-85)62-72-63-102-106-103(64-72)110(61-59-88-96(78-38-21-9-22-39-78)67-84(75-32-15-6-16-33-75)68-97(88)79-40-23-10-24-41-79)101-70-82(86-54-55-93-91-45-26-43-80-42-25-44-90(104(80)91)92-47-27-46-89(86)105(92)93)50-56-98(101)108(106)99-69-81(73-28-11-4-12-29-73)51-57-100(99)109(102)60-58-87-94(76-34-17-7-18-35-76)65-83(74-30-13-5-14-31-74)66-95(87)77-36-19-8-20-37-77/h4-57,63-70H,58-62H2,1-3H3. The quantitative estimate of drug-likeness (QED) is 0.0540. The van der Waals surface area contributed by atoms with Gasteiger partial charge < -0.3 is 9.80 Å². The molecule has 0 saturated heterocycles. The van der Waals surface area contributed by atoms with Crippen molar-refractivity contribution >= 4 is 88.9 Å². The van der Waals surface area contributed by atoms with E-state index in [2.05, 4.69) is 407 Å². The third kappa shape index (κ3) is 11.8. The second kappa shape index (κ2) is 27.6. The highest BCUT2D eigenvalue weighted by Gasteiger charge is 2.43. The molecule has 2 aliphatic rings. The summed E-state index contributed by atoms with van der Waals surface area (Å²) in [7, 11) is 0. The maximum absolute atomic E-state index is 2.78. The number of fused-ring (bicyclic) bond motifs is 6. The monoisotopic (exact) mass is 1400 g/mol. The molecule has 0 amide bonds. The zero-order valence-electron chi connectivity index (χ0n) is 62.3. The molecule has 18 aromatic carbocycles. The second-order valence-corrected chi connectivity index (χ2v) is 31.2. The minimum atomic E-state index is -0.126. The van der Waals surface area contributed by atoms with Crippen LogP contribution in [0.1, 0.15) is 48.6 Å². The summed E-state index contributed by atoms with van der Waals surface area (Å²) >= 11 is 0. The number of hydrogen-bond acceptors (Lipinski definition) is 2. The summed E-state index contributed by atoms with van der Waals surface area (Å²) in [6.45, 7) is 8.24. The van der Waals surface area contributed by atoms with Crippen LogP contribution < -0.4 is 26.2 Å². The molecular formula is C107H81BN2. The van der Waals surface area contributed by atoms with Crippen molar-refractivity contribution in [3.8, 4) is 89.0 Å². The maximum Gasteiger partial charge on any atom is 0.252 e. The molecule has 0 radical (unpaired) electrons. The first-order chi connectivity index (χ1) is 54.2. The van der Waals surface area contributed by atoms with Crippen LogP contribution in [0.25, 0.3) is 132 Å². The Bertz CT molecular complexity index is 6320. The number of nitrogens with zero attached hydrogens (tertiary/aromatic N) is 2. The van der Waals surface area contributed by atoms with E-state index in [1.807, 2.05) is 0 Å². The Morgan fingerprint density at radius 2 is 0.664 bits per heavy atom. The SMILES string of the molecule is CC(C)(C)c1ccc(Cc2cc3c4c(c2)N(CCc2c(-c5ccccc5)cc(-c5ccccc5)cc2-c2ccccc2)c2cc(-c5ccc6c7cccc8cccc(c9cccc5c96)c87)ccc2B4c2cc(-c4ccccc4)ccc2N3CCc2c(-c3ccccc3)cc(-c3ccccc3)cc2-c2ccccc2)cc1. The van der Waals surface area contributed by atoms with Gasteiger partial charge in [0.1, 0.15) is 0 Å². The van der Waals surface area contributed by atoms with Crippen molar-refractivity contribution < 1.29 is 0 Å².